The summed E-state index contributed by atoms with van der Waals surface area (Å²) in [6.45, 7) is 0. The van der Waals surface area contributed by atoms with E-state index in [1.807, 2.05) is 24.3 Å². The van der Waals surface area contributed by atoms with Gasteiger partial charge in [-0.25, -0.2) is 4.98 Å². The van der Waals surface area contributed by atoms with E-state index in [0.29, 0.717) is 4.47 Å². The third kappa shape index (κ3) is 4.54. The minimum atomic E-state index is -0.370. The third-order valence-electron chi connectivity index (χ3n) is 10.4. The van der Waals surface area contributed by atoms with Gasteiger partial charge < -0.3 is 9.13 Å². The highest BCUT2D eigenvalue weighted by Gasteiger charge is 2.19. The zero-order valence-electron chi connectivity index (χ0n) is 27.9. The topological polar surface area (TPSA) is 70.3 Å². The fourth-order valence-corrected chi connectivity index (χ4v) is 9.73. The highest BCUT2D eigenvalue weighted by atomic mass is 79.9. The minimum absolute atomic E-state index is 0.0434. The van der Waals surface area contributed by atoms with Crippen LogP contribution < -0.4 is 0 Å². The molecule has 0 saturated heterocycles. The largest absolute Gasteiger partial charge is 0.309 e. The number of nitro benzene ring substituents is 1. The van der Waals surface area contributed by atoms with Crippen molar-refractivity contribution in [1.82, 2.24) is 18.5 Å². The van der Waals surface area contributed by atoms with E-state index in [0.717, 1.165) is 61.1 Å². The molecule has 0 bridgehead atoms. The Kier molecular flexibility index (Phi) is 6.50. The predicted molar refractivity (Wildman–Crippen MR) is 220 cm³/mol. The number of nitrogens with zero attached hydrogens (tertiary/aromatic N) is 5. The number of aromatic nitrogens is 4. The number of hydrogen-bond donors (Lipinski definition) is 0. The van der Waals surface area contributed by atoms with Crippen LogP contribution in [0.1, 0.15) is 11.1 Å². The number of rotatable bonds is 5. The normalized spacial score (nSPS) is 12.1. The second kappa shape index (κ2) is 11.4. The van der Waals surface area contributed by atoms with Crippen LogP contribution in [-0.4, -0.2) is 23.4 Å². The fourth-order valence-electron chi connectivity index (χ4n) is 8.15. The number of benzene rings is 7. The van der Waals surface area contributed by atoms with Crippen molar-refractivity contribution in [3.8, 4) is 11.4 Å². The SMILES string of the molecule is O=[N+]([O-])c1ccc(-n2c3ccccc3c3ccc(Cc4ccc5c(c4)nc4sc6cc(-n7c8ccccc8c8ccccc87)ccc6n45)cc32)cc1Br. The van der Waals surface area contributed by atoms with E-state index in [4.69, 9.17) is 4.98 Å². The summed E-state index contributed by atoms with van der Waals surface area (Å²) in [5.74, 6) is 0. The van der Waals surface area contributed by atoms with Crippen LogP contribution in [0.2, 0.25) is 0 Å². The van der Waals surface area contributed by atoms with Crippen molar-refractivity contribution < 1.29 is 4.92 Å². The highest BCUT2D eigenvalue weighted by molar-refractivity contribution is 9.10. The smallest absolute Gasteiger partial charge is 0.283 e. The van der Waals surface area contributed by atoms with E-state index in [1.165, 1.54) is 37.6 Å². The molecule has 7 nitrogen and oxygen atoms in total. The van der Waals surface area contributed by atoms with E-state index in [9.17, 15) is 10.1 Å². The van der Waals surface area contributed by atoms with Crippen LogP contribution in [0.4, 0.5) is 5.69 Å². The van der Waals surface area contributed by atoms with Gasteiger partial charge in [-0.15, -0.1) is 0 Å². The standard InChI is InChI=1S/C44H26BrN5O2S/c45-34-24-28(15-19-39(34)50(51)52)48-38-12-6-3-9-32(38)33-17-13-27(23-42(33)48)21-26-14-18-40-35(22-26)46-44-49(40)41-20-16-29(25-43(41)53-44)47-36-10-4-1-7-30(36)31-8-2-5-11-37(31)47/h1-20,22-25H,21H2. The van der Waals surface area contributed by atoms with Gasteiger partial charge in [0.05, 0.1) is 52.7 Å². The van der Waals surface area contributed by atoms with Crippen LogP contribution in [0, 0.1) is 10.1 Å². The van der Waals surface area contributed by atoms with Crippen LogP contribution in [-0.2, 0) is 6.42 Å². The first-order valence-corrected chi connectivity index (χ1v) is 18.9. The first kappa shape index (κ1) is 30.3. The van der Waals surface area contributed by atoms with Crippen molar-refractivity contribution in [3.05, 3.63) is 171 Å². The summed E-state index contributed by atoms with van der Waals surface area (Å²) in [4.78, 5) is 17.3. The van der Waals surface area contributed by atoms with Crippen LogP contribution in [0.3, 0.4) is 0 Å². The number of halogens is 1. The van der Waals surface area contributed by atoms with Crippen LogP contribution in [0.5, 0.6) is 0 Å². The molecule has 4 aromatic heterocycles. The first-order valence-electron chi connectivity index (χ1n) is 17.3. The zero-order valence-corrected chi connectivity index (χ0v) is 30.3. The summed E-state index contributed by atoms with van der Waals surface area (Å²) in [6, 6.07) is 50.7. The lowest BCUT2D eigenvalue weighted by Gasteiger charge is -2.10. The van der Waals surface area contributed by atoms with Crippen molar-refractivity contribution in [2.24, 2.45) is 0 Å². The fraction of sp³-hybridized carbons (Fsp3) is 0.0227. The van der Waals surface area contributed by atoms with E-state index in [2.05, 4.69) is 145 Å². The summed E-state index contributed by atoms with van der Waals surface area (Å²) < 4.78 is 8.47. The Morgan fingerprint density at radius 3 is 1.83 bits per heavy atom. The summed E-state index contributed by atoms with van der Waals surface area (Å²) >= 11 is 5.15. The third-order valence-corrected chi connectivity index (χ3v) is 12.1. The second-order valence-corrected chi connectivity index (χ2v) is 15.3. The van der Waals surface area contributed by atoms with Gasteiger partial charge >= 0.3 is 0 Å². The van der Waals surface area contributed by atoms with Gasteiger partial charge in [0.2, 0.25) is 0 Å². The van der Waals surface area contributed by atoms with Gasteiger partial charge in [-0.3, -0.25) is 14.5 Å². The minimum Gasteiger partial charge on any atom is -0.309 e. The molecule has 0 unspecified atom stereocenters. The molecule has 0 saturated carbocycles. The van der Waals surface area contributed by atoms with Gasteiger partial charge in [-0.05, 0) is 100 Å². The number of fused-ring (bicyclic) bond motifs is 11. The lowest BCUT2D eigenvalue weighted by Crippen LogP contribution is -1.97. The molecule has 0 amide bonds. The maximum absolute atomic E-state index is 11.5. The molecule has 11 aromatic rings. The van der Waals surface area contributed by atoms with Gasteiger partial charge in [0.1, 0.15) is 0 Å². The highest BCUT2D eigenvalue weighted by Crippen LogP contribution is 2.38. The van der Waals surface area contributed by atoms with Crippen LogP contribution in [0.25, 0.3) is 81.2 Å². The maximum atomic E-state index is 11.5. The van der Waals surface area contributed by atoms with Crippen LogP contribution in [0.15, 0.2) is 150 Å². The van der Waals surface area contributed by atoms with Gasteiger partial charge in [0, 0.05) is 39.0 Å². The van der Waals surface area contributed by atoms with Gasteiger partial charge in [0.25, 0.3) is 5.69 Å². The first-order chi connectivity index (χ1) is 26.0. The molecule has 0 aliphatic rings. The Morgan fingerprint density at radius 1 is 0.585 bits per heavy atom. The second-order valence-electron chi connectivity index (χ2n) is 13.5. The zero-order chi connectivity index (χ0) is 35.4. The van der Waals surface area contributed by atoms with E-state index in [-0.39, 0.29) is 10.6 Å². The molecular weight excluding hydrogens is 742 g/mol. The number of para-hydroxylation sites is 3. The summed E-state index contributed by atoms with van der Waals surface area (Å²) in [7, 11) is 0. The van der Waals surface area contributed by atoms with Gasteiger partial charge in [0.15, 0.2) is 4.96 Å². The quantitative estimate of drug-likeness (QED) is 0.129. The van der Waals surface area contributed by atoms with Gasteiger partial charge in [-0.1, -0.05) is 84.1 Å². The lowest BCUT2D eigenvalue weighted by molar-refractivity contribution is -0.385. The molecular formula is C44H26BrN5O2S. The Balaban J connectivity index is 0.975. The number of nitro groups is 1. The monoisotopic (exact) mass is 767 g/mol. The number of imidazole rings is 1. The van der Waals surface area contributed by atoms with E-state index >= 15 is 0 Å². The molecule has 7 aromatic carbocycles. The lowest BCUT2D eigenvalue weighted by atomic mass is 10.0. The molecule has 0 aliphatic carbocycles. The Labute approximate surface area is 313 Å². The molecule has 4 heterocycles. The molecule has 0 atom stereocenters. The summed E-state index contributed by atoms with van der Waals surface area (Å²) in [5, 5.41) is 16.3. The molecule has 252 valence electrons. The van der Waals surface area contributed by atoms with Crippen molar-refractivity contribution in [2.75, 3.05) is 0 Å². The van der Waals surface area contributed by atoms with Crippen molar-refractivity contribution in [2.45, 2.75) is 6.42 Å². The summed E-state index contributed by atoms with van der Waals surface area (Å²) in [5.41, 5.74) is 12.1. The summed E-state index contributed by atoms with van der Waals surface area (Å²) in [6.07, 6.45) is 0.741. The predicted octanol–water partition coefficient (Wildman–Crippen LogP) is 12.2. The molecule has 11 rings (SSSR count). The average molecular weight is 769 g/mol. The molecule has 0 aliphatic heterocycles. The Bertz CT molecular complexity index is 3280. The van der Waals surface area contributed by atoms with E-state index < -0.39 is 0 Å². The number of hydrogen-bond acceptors (Lipinski definition) is 4. The van der Waals surface area contributed by atoms with E-state index in [1.54, 1.807) is 17.4 Å². The Hall–Kier alpha value is -6.29. The van der Waals surface area contributed by atoms with Crippen molar-refractivity contribution >= 4 is 103 Å². The molecule has 0 N–H and O–H groups in total. The maximum Gasteiger partial charge on any atom is 0.283 e. The molecule has 0 radical (unpaired) electrons. The van der Waals surface area contributed by atoms with Gasteiger partial charge in [-0.2, -0.15) is 0 Å². The molecule has 9 heteroatoms. The molecule has 0 spiro atoms. The van der Waals surface area contributed by atoms with Crippen molar-refractivity contribution in [1.29, 1.82) is 0 Å². The van der Waals surface area contributed by atoms with Crippen molar-refractivity contribution in [3.63, 3.8) is 0 Å². The van der Waals surface area contributed by atoms with Crippen LogP contribution >= 0.6 is 27.3 Å². The molecule has 53 heavy (non-hydrogen) atoms. The Morgan fingerprint density at radius 2 is 1.15 bits per heavy atom. The number of thiazole rings is 1. The molecule has 0 fully saturated rings. The average Bonchev–Trinajstić information content (AvgIpc) is 3.90.